The molecule has 0 bridgehead atoms. The highest BCUT2D eigenvalue weighted by Gasteiger charge is 2.31. The molecule has 1 aromatic carbocycles. The van der Waals surface area contributed by atoms with Crippen molar-refractivity contribution in [2.45, 2.75) is 36.6 Å². The average molecular weight is 442 g/mol. The molecule has 1 aliphatic carbocycles. The zero-order valence-electron chi connectivity index (χ0n) is 11.4. The van der Waals surface area contributed by atoms with Gasteiger partial charge in [0.2, 0.25) is 10.0 Å². The van der Waals surface area contributed by atoms with Crippen LogP contribution in [0.3, 0.4) is 0 Å². The van der Waals surface area contributed by atoms with Gasteiger partial charge in [-0.15, -0.1) is 0 Å². The Balaban J connectivity index is 2.30. The summed E-state index contributed by atoms with van der Waals surface area (Å²) in [7, 11) is -3.69. The maximum atomic E-state index is 12.6. The fourth-order valence-corrected chi connectivity index (χ4v) is 6.63. The highest BCUT2D eigenvalue weighted by atomic mass is 79.9. The van der Waals surface area contributed by atoms with Gasteiger partial charge in [0.1, 0.15) is 4.90 Å². The van der Waals surface area contributed by atoms with Crippen LogP contribution in [0.15, 0.2) is 26.0 Å². The first-order chi connectivity index (χ1) is 9.85. The van der Waals surface area contributed by atoms with E-state index in [2.05, 4.69) is 36.6 Å². The van der Waals surface area contributed by atoms with Crippen LogP contribution < -0.4 is 10.5 Å². The average Bonchev–Trinajstić information content (AvgIpc) is 2.37. The van der Waals surface area contributed by atoms with E-state index in [0.29, 0.717) is 14.6 Å². The standard InChI is InChI=1S/C13H18Br2N2O3S/c14-10-5-9(16)6-11(15)13(10)21(19,20)17-12-4-2-1-3-8(12)7-18/h5-6,8,12,17-18H,1-4,7,16H2. The van der Waals surface area contributed by atoms with E-state index in [1.165, 1.54) is 0 Å². The van der Waals surface area contributed by atoms with E-state index >= 15 is 0 Å². The molecule has 0 aromatic heterocycles. The van der Waals surface area contributed by atoms with E-state index in [4.69, 9.17) is 5.73 Å². The molecule has 0 aliphatic heterocycles. The first-order valence-corrected chi connectivity index (χ1v) is 9.80. The lowest BCUT2D eigenvalue weighted by Crippen LogP contribution is -2.43. The number of halogens is 2. The summed E-state index contributed by atoms with van der Waals surface area (Å²) < 4.78 is 28.8. The number of aliphatic hydroxyl groups is 1. The molecule has 1 aliphatic rings. The lowest BCUT2D eigenvalue weighted by atomic mass is 9.86. The van der Waals surface area contributed by atoms with Gasteiger partial charge in [0.15, 0.2) is 0 Å². The van der Waals surface area contributed by atoms with Gasteiger partial charge in [-0.2, -0.15) is 0 Å². The van der Waals surface area contributed by atoms with Crippen molar-refractivity contribution < 1.29 is 13.5 Å². The molecule has 5 nitrogen and oxygen atoms in total. The first kappa shape index (κ1) is 17.2. The van der Waals surface area contributed by atoms with Gasteiger partial charge in [-0.05, 0) is 62.8 Å². The summed E-state index contributed by atoms with van der Waals surface area (Å²) in [5.41, 5.74) is 6.16. The molecule has 21 heavy (non-hydrogen) atoms. The summed E-state index contributed by atoms with van der Waals surface area (Å²) in [6.07, 6.45) is 3.58. The molecule has 1 fully saturated rings. The molecule has 2 atom stereocenters. The molecule has 1 aromatic rings. The number of anilines is 1. The van der Waals surface area contributed by atoms with Gasteiger partial charge >= 0.3 is 0 Å². The van der Waals surface area contributed by atoms with Crippen molar-refractivity contribution >= 4 is 47.6 Å². The Hall–Kier alpha value is -0.150. The van der Waals surface area contributed by atoms with E-state index in [9.17, 15) is 13.5 Å². The Morgan fingerprint density at radius 3 is 2.38 bits per heavy atom. The third kappa shape index (κ3) is 3.98. The van der Waals surface area contributed by atoms with Crippen molar-refractivity contribution in [3.8, 4) is 0 Å². The molecule has 2 rings (SSSR count). The number of aliphatic hydroxyl groups excluding tert-OH is 1. The van der Waals surface area contributed by atoms with Gasteiger partial charge in [0, 0.05) is 27.3 Å². The van der Waals surface area contributed by atoms with Gasteiger partial charge < -0.3 is 10.8 Å². The predicted octanol–water partition coefficient (Wildman–Crippen LogP) is 2.62. The first-order valence-electron chi connectivity index (χ1n) is 6.73. The second kappa shape index (κ2) is 6.95. The van der Waals surface area contributed by atoms with Crippen molar-refractivity contribution in [2.24, 2.45) is 5.92 Å². The number of nitrogens with one attached hydrogen (secondary N) is 1. The number of hydrogen-bond donors (Lipinski definition) is 3. The van der Waals surface area contributed by atoms with Crippen molar-refractivity contribution in [3.63, 3.8) is 0 Å². The maximum Gasteiger partial charge on any atom is 0.243 e. The minimum Gasteiger partial charge on any atom is -0.399 e. The lowest BCUT2D eigenvalue weighted by Gasteiger charge is -2.30. The monoisotopic (exact) mass is 440 g/mol. The van der Waals surface area contributed by atoms with Crippen LogP contribution in [0.4, 0.5) is 5.69 Å². The van der Waals surface area contributed by atoms with E-state index in [1.54, 1.807) is 12.1 Å². The van der Waals surface area contributed by atoms with Crippen LogP contribution in [0.1, 0.15) is 25.7 Å². The molecule has 0 spiro atoms. The lowest BCUT2D eigenvalue weighted by molar-refractivity contribution is 0.164. The van der Waals surface area contributed by atoms with Crippen LogP contribution in [0.25, 0.3) is 0 Å². The van der Waals surface area contributed by atoms with Crippen LogP contribution in [0.2, 0.25) is 0 Å². The van der Waals surface area contributed by atoms with Crippen molar-refractivity contribution in [1.82, 2.24) is 4.72 Å². The van der Waals surface area contributed by atoms with Crippen LogP contribution >= 0.6 is 31.9 Å². The summed E-state index contributed by atoms with van der Waals surface area (Å²) >= 11 is 6.50. The molecule has 8 heteroatoms. The van der Waals surface area contributed by atoms with Gasteiger partial charge in [-0.3, -0.25) is 0 Å². The Morgan fingerprint density at radius 2 is 1.81 bits per heavy atom. The molecule has 0 radical (unpaired) electrons. The number of rotatable bonds is 4. The quantitative estimate of drug-likeness (QED) is 0.626. The largest absolute Gasteiger partial charge is 0.399 e. The Labute approximate surface area is 141 Å². The number of nitrogens with two attached hydrogens (primary N) is 1. The van der Waals surface area contributed by atoms with Gasteiger partial charge in [-0.25, -0.2) is 13.1 Å². The summed E-state index contributed by atoms with van der Waals surface area (Å²) in [6.45, 7) is -0.00271. The minimum atomic E-state index is -3.69. The van der Waals surface area contributed by atoms with E-state index in [1.807, 2.05) is 0 Å². The molecule has 0 heterocycles. The third-order valence-electron chi connectivity index (χ3n) is 3.74. The number of sulfonamides is 1. The molecular weight excluding hydrogens is 424 g/mol. The van der Waals surface area contributed by atoms with Crippen LogP contribution in [0.5, 0.6) is 0 Å². The van der Waals surface area contributed by atoms with Crippen molar-refractivity contribution in [2.75, 3.05) is 12.3 Å². The molecule has 0 saturated heterocycles. The molecule has 1 saturated carbocycles. The Morgan fingerprint density at radius 1 is 1.24 bits per heavy atom. The van der Waals surface area contributed by atoms with Crippen molar-refractivity contribution in [3.05, 3.63) is 21.1 Å². The highest BCUT2D eigenvalue weighted by Crippen LogP contribution is 2.33. The molecule has 0 amide bonds. The Bertz CT molecular complexity index is 599. The van der Waals surface area contributed by atoms with E-state index in [0.717, 1.165) is 25.7 Å². The number of nitrogen functional groups attached to an aromatic ring is 1. The number of benzene rings is 1. The van der Waals surface area contributed by atoms with E-state index < -0.39 is 10.0 Å². The molecule has 2 unspecified atom stereocenters. The van der Waals surface area contributed by atoms with Crippen LogP contribution in [-0.2, 0) is 10.0 Å². The van der Waals surface area contributed by atoms with Gasteiger partial charge in [0.25, 0.3) is 0 Å². The summed E-state index contributed by atoms with van der Waals surface area (Å²) in [5, 5.41) is 9.40. The normalized spacial score (nSPS) is 23.2. The van der Waals surface area contributed by atoms with Crippen LogP contribution in [-0.4, -0.2) is 26.2 Å². The SMILES string of the molecule is Nc1cc(Br)c(S(=O)(=O)NC2CCCCC2CO)c(Br)c1. The Kier molecular flexibility index (Phi) is 5.70. The number of hydrogen-bond acceptors (Lipinski definition) is 4. The van der Waals surface area contributed by atoms with E-state index in [-0.39, 0.29) is 23.5 Å². The molecular formula is C13H18Br2N2O3S. The topological polar surface area (TPSA) is 92.4 Å². The van der Waals surface area contributed by atoms with Crippen LogP contribution in [0, 0.1) is 5.92 Å². The summed E-state index contributed by atoms with van der Waals surface area (Å²) in [6, 6.07) is 2.89. The fourth-order valence-electron chi connectivity index (χ4n) is 2.68. The fraction of sp³-hybridized carbons (Fsp3) is 0.538. The molecule has 118 valence electrons. The van der Waals surface area contributed by atoms with Gasteiger partial charge in [-0.1, -0.05) is 12.8 Å². The summed E-state index contributed by atoms with van der Waals surface area (Å²) in [4.78, 5) is 0.138. The smallest absolute Gasteiger partial charge is 0.243 e. The predicted molar refractivity (Wildman–Crippen MR) is 89.4 cm³/mol. The zero-order chi connectivity index (χ0) is 15.6. The zero-order valence-corrected chi connectivity index (χ0v) is 15.3. The van der Waals surface area contributed by atoms with Crippen molar-refractivity contribution in [1.29, 1.82) is 0 Å². The third-order valence-corrected chi connectivity index (χ3v) is 7.11. The molecule has 4 N–H and O–H groups in total. The second-order valence-corrected chi connectivity index (χ2v) is 8.63. The summed E-state index contributed by atoms with van der Waals surface area (Å²) in [5.74, 6) is -0.0279. The highest BCUT2D eigenvalue weighted by molar-refractivity contribution is 9.11. The second-order valence-electron chi connectivity index (χ2n) is 5.27. The van der Waals surface area contributed by atoms with Gasteiger partial charge in [0.05, 0.1) is 0 Å². The minimum absolute atomic E-state index is 0.00271. The maximum absolute atomic E-state index is 12.6.